The van der Waals surface area contributed by atoms with E-state index in [1.165, 1.54) is 17.9 Å². The maximum atomic E-state index is 6.12. The minimum absolute atomic E-state index is 0.0116. The Labute approximate surface area is 233 Å². The van der Waals surface area contributed by atoms with E-state index >= 15 is 0 Å². The van der Waals surface area contributed by atoms with E-state index in [1.54, 1.807) is 24.1 Å². The van der Waals surface area contributed by atoms with Gasteiger partial charge in [-0.25, -0.2) is 10.8 Å². The third-order valence-corrected chi connectivity index (χ3v) is 7.81. The van der Waals surface area contributed by atoms with Crippen LogP contribution < -0.4 is 26.8 Å². The summed E-state index contributed by atoms with van der Waals surface area (Å²) in [5.74, 6) is 7.04. The highest BCUT2D eigenvalue weighted by Gasteiger charge is 2.47. The first-order valence-electron chi connectivity index (χ1n) is 13.6. The topological polar surface area (TPSA) is 147 Å². The van der Waals surface area contributed by atoms with Gasteiger partial charge in [0.1, 0.15) is 12.3 Å². The molecule has 0 saturated carbocycles. The van der Waals surface area contributed by atoms with Crippen LogP contribution in [0.3, 0.4) is 0 Å². The largest absolute Gasteiger partial charge is 0.377 e. The maximum absolute atomic E-state index is 6.12. The fourth-order valence-electron chi connectivity index (χ4n) is 5.46. The molecule has 3 fully saturated rings. The van der Waals surface area contributed by atoms with Gasteiger partial charge in [-0.15, -0.1) is 0 Å². The molecule has 0 aliphatic carbocycles. The number of pyridine rings is 1. The number of hydrazine groups is 1. The van der Waals surface area contributed by atoms with E-state index < -0.39 is 0 Å². The summed E-state index contributed by atoms with van der Waals surface area (Å²) in [7, 11) is 3.57. The molecule has 3 aliphatic heterocycles. The average Bonchev–Trinajstić information content (AvgIpc) is 3.34. The fourth-order valence-corrected chi connectivity index (χ4v) is 5.46. The van der Waals surface area contributed by atoms with Crippen molar-refractivity contribution in [2.45, 2.75) is 37.6 Å². The van der Waals surface area contributed by atoms with Gasteiger partial charge in [-0.3, -0.25) is 24.9 Å². The zero-order chi connectivity index (χ0) is 27.9. The highest BCUT2D eigenvalue weighted by molar-refractivity contribution is 5.81. The van der Waals surface area contributed by atoms with E-state index in [9.17, 15) is 0 Å². The van der Waals surface area contributed by atoms with Gasteiger partial charge in [-0.05, 0) is 32.4 Å². The highest BCUT2D eigenvalue weighted by Crippen LogP contribution is 2.39. The second-order valence-electron chi connectivity index (χ2n) is 10.8. The van der Waals surface area contributed by atoms with Gasteiger partial charge in [-0.1, -0.05) is 6.58 Å². The molecular formula is C27H37N11O2. The van der Waals surface area contributed by atoms with E-state index in [0.29, 0.717) is 23.0 Å². The number of rotatable bonds is 11. The highest BCUT2D eigenvalue weighted by atomic mass is 16.6. The zero-order valence-corrected chi connectivity index (χ0v) is 23.2. The minimum atomic E-state index is -0.0339. The Hall–Kier alpha value is -3.62. The Balaban J connectivity index is 1.08. The van der Waals surface area contributed by atoms with E-state index in [0.717, 1.165) is 55.5 Å². The molecule has 3 aromatic heterocycles. The van der Waals surface area contributed by atoms with E-state index in [4.69, 9.17) is 15.3 Å². The molecule has 0 aromatic carbocycles. The van der Waals surface area contributed by atoms with E-state index in [2.05, 4.69) is 53.5 Å². The molecule has 212 valence electrons. The standard InChI is InChI=1S/C27H37N11O2/c1-17(21-13-31-26(35-24(21)37(4)28)34-20-12-32-36(3)14-20)33-22-10-19(11-30-18(22)2)23-25(40-23)29-7-9-38-8-5-6-27(38)15-39-16-27/h10-14,23,25,29,33H,1,5-9,15-16,28H2,2-4H3,(H,31,34,35). The molecule has 1 spiro atoms. The predicted octanol–water partition coefficient (Wildman–Crippen LogP) is 1.90. The Morgan fingerprint density at radius 1 is 1.27 bits per heavy atom. The number of hydrogen-bond acceptors (Lipinski definition) is 12. The summed E-state index contributed by atoms with van der Waals surface area (Å²) in [6.45, 7) is 11.0. The number of epoxide rings is 1. The van der Waals surface area contributed by atoms with Crippen molar-refractivity contribution in [3.05, 3.63) is 54.3 Å². The summed E-state index contributed by atoms with van der Waals surface area (Å²) in [6.07, 6.45) is 9.55. The molecule has 40 heavy (non-hydrogen) atoms. The van der Waals surface area contributed by atoms with Gasteiger partial charge in [0.25, 0.3) is 0 Å². The van der Waals surface area contributed by atoms with Crippen LogP contribution in [0.25, 0.3) is 5.70 Å². The second kappa shape index (κ2) is 10.7. The molecular weight excluding hydrogens is 510 g/mol. The van der Waals surface area contributed by atoms with Crippen molar-refractivity contribution in [1.82, 2.24) is 34.9 Å². The number of nitrogens with zero attached hydrogens (tertiary/aromatic N) is 7. The normalized spacial score (nSPS) is 21.3. The van der Waals surface area contributed by atoms with E-state index in [1.807, 2.05) is 26.4 Å². The molecule has 2 atom stereocenters. The van der Waals surface area contributed by atoms with Gasteiger partial charge in [0, 0.05) is 57.0 Å². The number of ether oxygens (including phenoxy) is 2. The van der Waals surface area contributed by atoms with Gasteiger partial charge >= 0.3 is 0 Å². The molecule has 13 nitrogen and oxygen atoms in total. The van der Waals surface area contributed by atoms with Crippen LogP contribution in [0.4, 0.5) is 23.1 Å². The maximum Gasteiger partial charge on any atom is 0.229 e. The first-order valence-corrected chi connectivity index (χ1v) is 13.6. The smallest absolute Gasteiger partial charge is 0.229 e. The predicted molar refractivity (Wildman–Crippen MR) is 153 cm³/mol. The summed E-state index contributed by atoms with van der Waals surface area (Å²) < 4.78 is 13.2. The molecule has 0 bridgehead atoms. The van der Waals surface area contributed by atoms with Crippen LogP contribution in [0, 0.1) is 6.92 Å². The third kappa shape index (κ3) is 5.38. The molecule has 13 heteroatoms. The van der Waals surface area contributed by atoms with Crippen molar-refractivity contribution in [1.29, 1.82) is 0 Å². The van der Waals surface area contributed by atoms with Crippen LogP contribution in [0.5, 0.6) is 0 Å². The first-order chi connectivity index (χ1) is 19.3. The number of nitrogens with one attached hydrogen (secondary N) is 3. The van der Waals surface area contributed by atoms with Crippen LogP contribution >= 0.6 is 0 Å². The molecule has 6 heterocycles. The van der Waals surface area contributed by atoms with Crippen molar-refractivity contribution in [3.63, 3.8) is 0 Å². The van der Waals surface area contributed by atoms with Crippen LogP contribution in [-0.4, -0.2) is 81.3 Å². The van der Waals surface area contributed by atoms with Gasteiger partial charge in [0.05, 0.1) is 47.6 Å². The van der Waals surface area contributed by atoms with Gasteiger partial charge < -0.3 is 20.1 Å². The van der Waals surface area contributed by atoms with E-state index in [-0.39, 0.29) is 17.9 Å². The first kappa shape index (κ1) is 26.6. The molecule has 3 aromatic rings. The number of aryl methyl sites for hydroxylation is 2. The summed E-state index contributed by atoms with van der Waals surface area (Å²) in [4.78, 5) is 16.2. The molecule has 3 saturated heterocycles. The summed E-state index contributed by atoms with van der Waals surface area (Å²) in [5, 5.41) is 15.7. The van der Waals surface area contributed by atoms with Crippen molar-refractivity contribution in [3.8, 4) is 0 Å². The van der Waals surface area contributed by atoms with Crippen LogP contribution in [-0.2, 0) is 16.5 Å². The number of aromatic nitrogens is 5. The summed E-state index contributed by atoms with van der Waals surface area (Å²) in [6, 6.07) is 2.06. The van der Waals surface area contributed by atoms with Gasteiger partial charge in [0.15, 0.2) is 5.82 Å². The number of hydrogen-bond donors (Lipinski definition) is 4. The van der Waals surface area contributed by atoms with Gasteiger partial charge in [-0.2, -0.15) is 10.1 Å². The Morgan fingerprint density at radius 3 is 2.85 bits per heavy atom. The van der Waals surface area contributed by atoms with Crippen molar-refractivity contribution in [2.24, 2.45) is 12.9 Å². The lowest BCUT2D eigenvalue weighted by Crippen LogP contribution is -2.59. The van der Waals surface area contributed by atoms with Crippen LogP contribution in [0.2, 0.25) is 0 Å². The monoisotopic (exact) mass is 547 g/mol. The number of likely N-dealkylation sites (tertiary alicyclic amines) is 1. The van der Waals surface area contributed by atoms with Crippen LogP contribution in [0.1, 0.15) is 35.8 Å². The summed E-state index contributed by atoms with van der Waals surface area (Å²) in [5.41, 5.74) is 5.03. The van der Waals surface area contributed by atoms with Gasteiger partial charge in [0.2, 0.25) is 5.95 Å². The molecule has 0 amide bonds. The molecule has 2 unspecified atom stereocenters. The fraction of sp³-hybridized carbons (Fsp3) is 0.481. The molecule has 3 aliphatic rings. The summed E-state index contributed by atoms with van der Waals surface area (Å²) >= 11 is 0. The lowest BCUT2D eigenvalue weighted by atomic mass is 9.94. The Kier molecular flexibility index (Phi) is 7.15. The van der Waals surface area contributed by atoms with Crippen molar-refractivity contribution < 1.29 is 9.47 Å². The van der Waals surface area contributed by atoms with Crippen LogP contribution in [0.15, 0.2) is 37.4 Å². The lowest BCUT2D eigenvalue weighted by molar-refractivity contribution is -0.122. The number of anilines is 4. The molecule has 0 radical (unpaired) electrons. The SMILES string of the molecule is C=C(Nc1cc(C2OC2NCCN2CCCC23COC3)cnc1C)c1cnc(Nc2cnn(C)c2)nc1N(C)N. The van der Waals surface area contributed by atoms with Crippen molar-refractivity contribution in [2.75, 3.05) is 55.5 Å². The lowest BCUT2D eigenvalue weighted by Gasteiger charge is -2.45. The molecule has 5 N–H and O–H groups in total. The minimum Gasteiger partial charge on any atom is -0.377 e. The number of nitrogens with two attached hydrogens (primary N) is 1. The Bertz CT molecular complexity index is 1390. The zero-order valence-electron chi connectivity index (χ0n) is 23.2. The third-order valence-electron chi connectivity index (χ3n) is 7.81. The van der Waals surface area contributed by atoms with Crippen molar-refractivity contribution >= 4 is 28.8 Å². The molecule has 6 rings (SSSR count). The Morgan fingerprint density at radius 2 is 2.12 bits per heavy atom. The second-order valence-corrected chi connectivity index (χ2v) is 10.8. The average molecular weight is 548 g/mol. The quantitative estimate of drug-likeness (QED) is 0.158.